The molecule has 0 radical (unpaired) electrons. The van der Waals surface area contributed by atoms with Crippen LogP contribution in [0.15, 0.2) is 54.7 Å². The second-order valence-electron chi connectivity index (χ2n) is 8.05. The van der Waals surface area contributed by atoms with E-state index in [4.69, 9.17) is 11.0 Å². The molecule has 1 heteroatoms. The van der Waals surface area contributed by atoms with Crippen LogP contribution in [0.5, 0.6) is 0 Å². The van der Waals surface area contributed by atoms with E-state index in [0.717, 1.165) is 5.56 Å². The maximum absolute atomic E-state index is 8.74. The van der Waals surface area contributed by atoms with E-state index in [0.29, 0.717) is 22.4 Å². The predicted octanol–water partition coefficient (Wildman–Crippen LogP) is 6.36. The number of aryl methyl sites for hydroxylation is 4. The predicted molar refractivity (Wildman–Crippen MR) is 116 cm³/mol. The van der Waals surface area contributed by atoms with E-state index in [1.54, 1.807) is 57.6 Å². The highest BCUT2D eigenvalue weighted by atomic mass is 14.9. The zero-order valence-corrected chi connectivity index (χ0v) is 16.6. The largest absolute Gasteiger partial charge is 0.212 e. The molecule has 140 valence electrons. The Labute approximate surface area is 175 Å². The molecular formula is C26H32N+. The smallest absolute Gasteiger partial charge is 0.201 e. The van der Waals surface area contributed by atoms with Gasteiger partial charge in [0.25, 0.3) is 0 Å². The van der Waals surface area contributed by atoms with Gasteiger partial charge in [0.2, 0.25) is 5.69 Å². The van der Waals surface area contributed by atoms with Crippen molar-refractivity contribution in [1.82, 2.24) is 0 Å². The van der Waals surface area contributed by atoms with E-state index in [-0.39, 0.29) is 16.7 Å². The molecule has 0 atom stereocenters. The van der Waals surface area contributed by atoms with Crippen LogP contribution in [0.2, 0.25) is 0 Å². The minimum Gasteiger partial charge on any atom is -0.201 e. The van der Waals surface area contributed by atoms with Crippen LogP contribution in [0.3, 0.4) is 0 Å². The molecule has 0 fully saturated rings. The first-order chi connectivity index (χ1) is 15.9. The Balaban J connectivity index is 2.37. The first kappa shape index (κ1) is 11.4. The van der Waals surface area contributed by atoms with Crippen molar-refractivity contribution < 1.29 is 15.5 Å². The SMILES string of the molecule is [2H]C([2H])([2H])c1cc(C)c(-c2cc(C([2H])([2H])[2H])c(C([2H])([2H])C(C)(C)C)c[n+]2C)cc1-c1ccccc1. The molecule has 0 saturated heterocycles. The van der Waals surface area contributed by atoms with Gasteiger partial charge in [0.1, 0.15) is 7.05 Å². The van der Waals surface area contributed by atoms with Gasteiger partial charge in [-0.3, -0.25) is 0 Å². The number of rotatable bonds is 3. The number of benzene rings is 2. The van der Waals surface area contributed by atoms with Gasteiger partial charge in [0, 0.05) is 28.2 Å². The molecule has 0 spiro atoms. The monoisotopic (exact) mass is 366 g/mol. The molecule has 0 bridgehead atoms. The van der Waals surface area contributed by atoms with Gasteiger partial charge >= 0.3 is 0 Å². The summed E-state index contributed by atoms with van der Waals surface area (Å²) in [6, 6.07) is 14.2. The van der Waals surface area contributed by atoms with E-state index in [9.17, 15) is 0 Å². The van der Waals surface area contributed by atoms with Crippen LogP contribution in [0.1, 0.15) is 54.0 Å². The molecule has 1 aromatic heterocycles. The summed E-state index contributed by atoms with van der Waals surface area (Å²) in [5.74, 6) is 0. The molecule has 2 aromatic carbocycles. The Morgan fingerprint density at radius 3 is 2.26 bits per heavy atom. The number of hydrogen-bond acceptors (Lipinski definition) is 0. The lowest BCUT2D eigenvalue weighted by Crippen LogP contribution is -2.32. The van der Waals surface area contributed by atoms with Crippen molar-refractivity contribution in [2.24, 2.45) is 12.5 Å². The molecule has 3 rings (SSSR count). The van der Waals surface area contributed by atoms with E-state index in [1.807, 2.05) is 30.3 Å². The molecule has 0 aliphatic heterocycles. The van der Waals surface area contributed by atoms with Gasteiger partial charge < -0.3 is 0 Å². The fourth-order valence-corrected chi connectivity index (χ4v) is 3.26. The van der Waals surface area contributed by atoms with Gasteiger partial charge in [-0.05, 0) is 66.3 Å². The van der Waals surface area contributed by atoms with E-state index < -0.39 is 25.5 Å². The molecular weight excluding hydrogens is 326 g/mol. The Morgan fingerprint density at radius 2 is 1.63 bits per heavy atom. The quantitative estimate of drug-likeness (QED) is 0.475. The van der Waals surface area contributed by atoms with Crippen LogP contribution in [-0.4, -0.2) is 0 Å². The van der Waals surface area contributed by atoms with Crippen molar-refractivity contribution in [3.63, 3.8) is 0 Å². The molecule has 1 nitrogen and oxygen atoms in total. The van der Waals surface area contributed by atoms with Crippen molar-refractivity contribution in [2.45, 2.75) is 47.8 Å². The van der Waals surface area contributed by atoms with Crippen molar-refractivity contribution in [3.8, 4) is 22.4 Å². The Hall–Kier alpha value is -2.41. The normalized spacial score (nSPS) is 17.5. The van der Waals surface area contributed by atoms with Crippen LogP contribution in [-0.2, 0) is 13.4 Å². The highest BCUT2D eigenvalue weighted by Gasteiger charge is 2.20. The third-order valence-corrected chi connectivity index (χ3v) is 4.51. The fraction of sp³-hybridized carbons (Fsp3) is 0.346. The summed E-state index contributed by atoms with van der Waals surface area (Å²) in [5.41, 5.74) is 2.71. The van der Waals surface area contributed by atoms with Crippen LogP contribution >= 0.6 is 0 Å². The van der Waals surface area contributed by atoms with Crippen molar-refractivity contribution in [1.29, 1.82) is 0 Å². The molecule has 1 heterocycles. The Bertz CT molecular complexity index is 1230. The average molecular weight is 367 g/mol. The molecule has 0 amide bonds. The van der Waals surface area contributed by atoms with Gasteiger partial charge in [-0.25, -0.2) is 4.57 Å². The molecule has 0 aliphatic rings. The maximum Gasteiger partial charge on any atom is 0.212 e. The lowest BCUT2D eigenvalue weighted by Gasteiger charge is -2.19. The second kappa shape index (κ2) is 7.31. The summed E-state index contributed by atoms with van der Waals surface area (Å²) >= 11 is 0. The summed E-state index contributed by atoms with van der Waals surface area (Å²) in [6.45, 7) is 2.17. The third kappa shape index (κ3) is 4.30. The third-order valence-electron chi connectivity index (χ3n) is 4.51. The molecule has 3 aromatic rings. The van der Waals surface area contributed by atoms with Crippen molar-refractivity contribution in [3.05, 3.63) is 77.0 Å². The second-order valence-corrected chi connectivity index (χ2v) is 8.05. The lowest BCUT2D eigenvalue weighted by molar-refractivity contribution is -0.660. The average Bonchev–Trinajstić information content (AvgIpc) is 2.72. The Morgan fingerprint density at radius 1 is 0.926 bits per heavy atom. The van der Waals surface area contributed by atoms with Gasteiger partial charge in [-0.2, -0.15) is 0 Å². The summed E-state index contributed by atoms with van der Waals surface area (Å²) in [4.78, 5) is 0. The molecule has 0 N–H and O–H groups in total. The van der Waals surface area contributed by atoms with Gasteiger partial charge in [0.15, 0.2) is 6.20 Å². The standard InChI is InChI=1S/C26H32N/c1-18-14-25(27(7)17-22(18)16-26(4,5)6)24-15-23(19(2)13-20(24)3)21-11-9-8-10-12-21/h8-15,17H,16H2,1-7H3/q+1/i1D3,2D3,16D2. The van der Waals surface area contributed by atoms with E-state index in [1.165, 1.54) is 6.07 Å². The maximum atomic E-state index is 8.74. The van der Waals surface area contributed by atoms with Crippen LogP contribution in [0.25, 0.3) is 22.4 Å². The molecule has 0 unspecified atom stereocenters. The van der Waals surface area contributed by atoms with E-state index in [2.05, 4.69) is 0 Å². The highest BCUT2D eigenvalue weighted by Crippen LogP contribution is 2.32. The highest BCUT2D eigenvalue weighted by molar-refractivity contribution is 5.75. The van der Waals surface area contributed by atoms with Gasteiger partial charge in [-0.15, -0.1) is 0 Å². The minimum atomic E-state index is -2.54. The molecule has 0 saturated carbocycles. The van der Waals surface area contributed by atoms with Gasteiger partial charge in [0.05, 0.1) is 0 Å². The van der Waals surface area contributed by atoms with Crippen molar-refractivity contribution >= 4 is 0 Å². The molecule has 0 aliphatic carbocycles. The summed E-state index contributed by atoms with van der Waals surface area (Å²) in [7, 11) is 1.75. The number of pyridine rings is 1. The van der Waals surface area contributed by atoms with E-state index >= 15 is 0 Å². The number of nitrogens with zero attached hydrogens (tertiary/aromatic N) is 1. The first-order valence-electron chi connectivity index (χ1n) is 13.1. The van der Waals surface area contributed by atoms with Gasteiger partial charge in [-0.1, -0.05) is 57.2 Å². The zero-order chi connectivity index (χ0) is 26.6. The minimum absolute atomic E-state index is 0.0499. The zero-order valence-electron chi connectivity index (χ0n) is 24.6. The van der Waals surface area contributed by atoms with Crippen molar-refractivity contribution in [2.75, 3.05) is 0 Å². The summed E-state index contributed by atoms with van der Waals surface area (Å²) in [5, 5.41) is 0. The van der Waals surface area contributed by atoms with Crippen LogP contribution in [0.4, 0.5) is 0 Å². The fourth-order valence-electron chi connectivity index (χ4n) is 3.26. The van der Waals surface area contributed by atoms with Crippen LogP contribution in [0, 0.1) is 26.0 Å². The topological polar surface area (TPSA) is 3.88 Å². The first-order valence-corrected chi connectivity index (χ1v) is 9.11. The summed E-state index contributed by atoms with van der Waals surface area (Å²) in [6.07, 6.45) is -0.343. The molecule has 27 heavy (non-hydrogen) atoms. The lowest BCUT2D eigenvalue weighted by atomic mass is 9.86. The number of aromatic nitrogens is 1. The summed E-state index contributed by atoms with van der Waals surface area (Å²) < 4.78 is 67.9. The Kier molecular flexibility index (Phi) is 3.10. The number of hydrogen-bond donors (Lipinski definition) is 0. The van der Waals surface area contributed by atoms with Crippen LogP contribution < -0.4 is 4.57 Å².